The third-order valence-electron chi connectivity index (χ3n) is 9.10. The minimum atomic E-state index is -1.20. The number of amides is 3. The van der Waals surface area contributed by atoms with Crippen molar-refractivity contribution in [2.75, 3.05) is 32.8 Å². The van der Waals surface area contributed by atoms with Crippen LogP contribution in [0.1, 0.15) is 63.1 Å². The van der Waals surface area contributed by atoms with E-state index in [1.807, 2.05) is 38.1 Å². The van der Waals surface area contributed by atoms with Crippen molar-refractivity contribution in [1.29, 1.82) is 0 Å². The zero-order valence-electron chi connectivity index (χ0n) is 23.4. The molecule has 0 aromatic heterocycles. The molecule has 3 amide bonds. The number of benzene rings is 1. The Morgan fingerprint density at radius 2 is 1.82 bits per heavy atom. The topological polar surface area (TPSA) is 91.0 Å². The first kappa shape index (κ1) is 32.6. The molecular weight excluding hydrogens is 558 g/mol. The number of nitrogens with one attached hydrogen (secondary N) is 2. The lowest BCUT2D eigenvalue weighted by molar-refractivity contribution is -0.150. The van der Waals surface area contributed by atoms with Crippen molar-refractivity contribution in [3.05, 3.63) is 35.4 Å². The van der Waals surface area contributed by atoms with Crippen molar-refractivity contribution in [2.24, 2.45) is 11.8 Å². The van der Waals surface area contributed by atoms with Gasteiger partial charge in [-0.15, -0.1) is 24.8 Å². The SMILES string of the molecule is CC[C@@H](C)C(=O)N[C@H](C(=O)N1C[C@H]2CCCN2C[C@H]1C(=O)N[C@H]1c2ccccc2C[C@@H]1F)C1CCOCC1.Cl.Cl. The van der Waals surface area contributed by atoms with E-state index >= 15 is 4.39 Å². The summed E-state index contributed by atoms with van der Waals surface area (Å²) in [5.74, 6) is -0.928. The molecule has 3 heterocycles. The lowest BCUT2D eigenvalue weighted by atomic mass is 9.89. The molecule has 5 rings (SSSR count). The van der Waals surface area contributed by atoms with Crippen molar-refractivity contribution in [2.45, 2.75) is 82.7 Å². The Hall–Kier alpha value is -1.94. The average molecular weight is 602 g/mol. The fraction of sp³-hybridized carbons (Fsp3) is 0.690. The molecule has 0 bridgehead atoms. The number of fused-ring (bicyclic) bond motifs is 2. The number of alkyl halides is 1. The molecule has 40 heavy (non-hydrogen) atoms. The van der Waals surface area contributed by atoms with Crippen LogP contribution in [0.3, 0.4) is 0 Å². The minimum absolute atomic E-state index is 0. The molecule has 8 nitrogen and oxygen atoms in total. The lowest BCUT2D eigenvalue weighted by Gasteiger charge is -2.45. The summed E-state index contributed by atoms with van der Waals surface area (Å²) in [5.41, 5.74) is 1.72. The maximum atomic E-state index is 15.0. The van der Waals surface area contributed by atoms with Gasteiger partial charge in [0.05, 0.1) is 6.04 Å². The molecule has 3 fully saturated rings. The number of hydrogen-bond acceptors (Lipinski definition) is 5. The van der Waals surface area contributed by atoms with Crippen molar-refractivity contribution >= 4 is 42.5 Å². The van der Waals surface area contributed by atoms with Crippen molar-refractivity contribution in [3.8, 4) is 0 Å². The third-order valence-corrected chi connectivity index (χ3v) is 9.10. The lowest BCUT2D eigenvalue weighted by Crippen LogP contribution is -2.66. The van der Waals surface area contributed by atoms with Gasteiger partial charge in [-0.2, -0.15) is 0 Å². The molecule has 11 heteroatoms. The van der Waals surface area contributed by atoms with Crippen LogP contribution in [-0.4, -0.2) is 84.7 Å². The first-order valence-corrected chi connectivity index (χ1v) is 14.3. The Labute approximate surface area is 248 Å². The molecule has 4 aliphatic rings. The van der Waals surface area contributed by atoms with Crippen molar-refractivity contribution in [3.63, 3.8) is 0 Å². The molecule has 1 aromatic rings. The zero-order chi connectivity index (χ0) is 26.8. The molecule has 0 saturated carbocycles. The fourth-order valence-electron chi connectivity index (χ4n) is 6.54. The van der Waals surface area contributed by atoms with Gasteiger partial charge in [-0.25, -0.2) is 4.39 Å². The van der Waals surface area contributed by atoms with Gasteiger partial charge in [0.1, 0.15) is 18.3 Å². The maximum absolute atomic E-state index is 15.0. The van der Waals surface area contributed by atoms with Gasteiger partial charge >= 0.3 is 0 Å². The van der Waals surface area contributed by atoms with E-state index in [1.54, 1.807) is 4.90 Å². The minimum Gasteiger partial charge on any atom is -0.381 e. The van der Waals surface area contributed by atoms with E-state index in [9.17, 15) is 14.4 Å². The van der Waals surface area contributed by atoms with Gasteiger partial charge in [0.25, 0.3) is 0 Å². The molecule has 224 valence electrons. The monoisotopic (exact) mass is 600 g/mol. The van der Waals surface area contributed by atoms with E-state index in [-0.39, 0.29) is 66.8 Å². The highest BCUT2D eigenvalue weighted by Gasteiger charge is 2.46. The molecule has 3 saturated heterocycles. The van der Waals surface area contributed by atoms with E-state index < -0.39 is 24.3 Å². The van der Waals surface area contributed by atoms with E-state index in [0.717, 1.165) is 30.5 Å². The summed E-state index contributed by atoms with van der Waals surface area (Å²) in [6.45, 7) is 6.67. The molecule has 3 aliphatic heterocycles. The van der Waals surface area contributed by atoms with Crippen LogP contribution in [-0.2, 0) is 25.5 Å². The van der Waals surface area contributed by atoms with E-state index in [2.05, 4.69) is 15.5 Å². The number of hydrogen-bond donors (Lipinski definition) is 2. The van der Waals surface area contributed by atoms with E-state index in [0.29, 0.717) is 45.6 Å². The quantitative estimate of drug-likeness (QED) is 0.501. The Kier molecular flexibility index (Phi) is 11.6. The molecule has 6 atom stereocenters. The predicted molar refractivity (Wildman–Crippen MR) is 155 cm³/mol. The largest absolute Gasteiger partial charge is 0.381 e. The number of halogens is 3. The van der Waals surface area contributed by atoms with Gasteiger partial charge in [-0.3, -0.25) is 19.3 Å². The molecule has 0 spiro atoms. The number of nitrogens with zero attached hydrogens (tertiary/aromatic N) is 2. The Balaban J connectivity index is 0.00000220. The summed E-state index contributed by atoms with van der Waals surface area (Å²) >= 11 is 0. The predicted octanol–water partition coefficient (Wildman–Crippen LogP) is 3.21. The highest BCUT2D eigenvalue weighted by Crippen LogP contribution is 2.34. The van der Waals surface area contributed by atoms with Crippen LogP contribution in [0, 0.1) is 11.8 Å². The average Bonchev–Trinajstić information content (AvgIpc) is 3.53. The Morgan fingerprint density at radius 1 is 1.10 bits per heavy atom. The van der Waals surface area contributed by atoms with Crippen LogP contribution in [0.15, 0.2) is 24.3 Å². The molecule has 1 aliphatic carbocycles. The Bertz CT molecular complexity index is 1040. The fourth-order valence-corrected chi connectivity index (χ4v) is 6.54. The molecular formula is C29H43Cl2FN4O4. The van der Waals surface area contributed by atoms with E-state index in [4.69, 9.17) is 4.74 Å². The van der Waals surface area contributed by atoms with Crippen LogP contribution >= 0.6 is 24.8 Å². The highest BCUT2D eigenvalue weighted by molar-refractivity contribution is 5.93. The summed E-state index contributed by atoms with van der Waals surface area (Å²) in [4.78, 5) is 45.0. The zero-order valence-corrected chi connectivity index (χ0v) is 25.0. The summed E-state index contributed by atoms with van der Waals surface area (Å²) in [7, 11) is 0. The molecule has 0 radical (unpaired) electrons. The molecule has 1 aromatic carbocycles. The first-order valence-electron chi connectivity index (χ1n) is 14.3. The summed E-state index contributed by atoms with van der Waals surface area (Å²) in [5, 5.41) is 6.02. The third kappa shape index (κ3) is 6.75. The number of carbonyl (C=O) groups is 3. The summed E-state index contributed by atoms with van der Waals surface area (Å²) < 4.78 is 20.6. The van der Waals surface area contributed by atoms with E-state index in [1.165, 1.54) is 0 Å². The van der Waals surface area contributed by atoms with Gasteiger partial charge in [-0.05, 0) is 55.7 Å². The standard InChI is InChI=1S/C29H41FN4O4.2ClH/c1-3-18(2)27(35)31-25(19-10-13-38-14-11-19)29(37)34-16-21-8-6-12-33(21)17-24(34)28(36)32-26-22-9-5-4-7-20(22)15-23(26)30;;/h4-5,7,9,18-19,21,23-26H,3,6,8,10-17H2,1-2H3,(H,31,35)(H,32,36);2*1H/t18-,21-,23+,24+,25+,26+;;/m1../s1. The van der Waals surface area contributed by atoms with Gasteiger partial charge in [0.15, 0.2) is 0 Å². The Morgan fingerprint density at radius 3 is 2.55 bits per heavy atom. The van der Waals surface area contributed by atoms with Gasteiger partial charge in [0, 0.05) is 44.7 Å². The normalized spacial score (nSPS) is 27.8. The van der Waals surface area contributed by atoms with Crippen LogP contribution in [0.5, 0.6) is 0 Å². The highest BCUT2D eigenvalue weighted by atomic mass is 35.5. The maximum Gasteiger partial charge on any atom is 0.246 e. The smallest absolute Gasteiger partial charge is 0.246 e. The summed E-state index contributed by atoms with van der Waals surface area (Å²) in [6, 6.07) is 5.55. The number of carbonyl (C=O) groups excluding carboxylic acids is 3. The number of ether oxygens (including phenoxy) is 1. The number of piperazine rings is 1. The first-order chi connectivity index (χ1) is 18.4. The molecule has 0 unspecified atom stereocenters. The summed E-state index contributed by atoms with van der Waals surface area (Å²) in [6.07, 6.45) is 3.11. The molecule has 2 N–H and O–H groups in total. The van der Waals surface area contributed by atoms with Gasteiger partial charge in [0.2, 0.25) is 17.7 Å². The van der Waals surface area contributed by atoms with Gasteiger partial charge in [-0.1, -0.05) is 38.1 Å². The second-order valence-corrected chi connectivity index (χ2v) is 11.4. The van der Waals surface area contributed by atoms with Crippen LogP contribution < -0.4 is 10.6 Å². The second kappa shape index (κ2) is 14.3. The van der Waals surface area contributed by atoms with Crippen LogP contribution in [0.2, 0.25) is 0 Å². The van der Waals surface area contributed by atoms with Crippen LogP contribution in [0.25, 0.3) is 0 Å². The second-order valence-electron chi connectivity index (χ2n) is 11.4. The van der Waals surface area contributed by atoms with Crippen molar-refractivity contribution < 1.29 is 23.5 Å². The van der Waals surface area contributed by atoms with Gasteiger partial charge < -0.3 is 20.3 Å². The van der Waals surface area contributed by atoms with Crippen LogP contribution in [0.4, 0.5) is 4.39 Å². The number of rotatable bonds is 7. The van der Waals surface area contributed by atoms with Crippen molar-refractivity contribution in [1.82, 2.24) is 20.4 Å².